The summed E-state index contributed by atoms with van der Waals surface area (Å²) in [6.45, 7) is 6.66. The van der Waals surface area contributed by atoms with E-state index in [1.807, 2.05) is 30.7 Å². The molecule has 8 heteroatoms. The lowest BCUT2D eigenvalue weighted by atomic mass is 10.1. The Hall–Kier alpha value is -3.46. The van der Waals surface area contributed by atoms with Crippen LogP contribution in [0.25, 0.3) is 21.8 Å². The van der Waals surface area contributed by atoms with Gasteiger partial charge in [-0.3, -0.25) is 9.97 Å². The number of halogens is 2. The van der Waals surface area contributed by atoms with Gasteiger partial charge in [-0.2, -0.15) is 0 Å². The number of ether oxygens (including phenoxy) is 1. The summed E-state index contributed by atoms with van der Waals surface area (Å²) in [4.78, 5) is 9.03. The first-order valence-corrected chi connectivity index (χ1v) is 16.6. The SMILES string of the molecule is C[C@H](CO)Cn1cc(Cc2ccc(OC[C@@H](C)Cn3cc(Cc4cccnc4)c4ccc(Br)cc43)cn2)c2ccc(Br)cc21. The zero-order valence-corrected chi connectivity index (χ0v) is 28.1. The van der Waals surface area contributed by atoms with E-state index in [1.165, 1.54) is 33.0 Å². The van der Waals surface area contributed by atoms with Crippen molar-refractivity contribution < 1.29 is 9.84 Å². The summed E-state index contributed by atoms with van der Waals surface area (Å²) in [5.41, 5.74) is 7.10. The number of rotatable bonds is 12. The summed E-state index contributed by atoms with van der Waals surface area (Å²) >= 11 is 7.27. The van der Waals surface area contributed by atoms with E-state index in [1.54, 1.807) is 0 Å². The zero-order valence-electron chi connectivity index (χ0n) is 25.0. The maximum absolute atomic E-state index is 9.60. The van der Waals surface area contributed by atoms with Crippen LogP contribution in [0.2, 0.25) is 0 Å². The van der Waals surface area contributed by atoms with Crippen LogP contribution >= 0.6 is 31.9 Å². The lowest BCUT2D eigenvalue weighted by Crippen LogP contribution is -2.15. The average Bonchev–Trinajstić information content (AvgIpc) is 3.53. The average molecular weight is 717 g/mol. The number of hydrogen-bond donors (Lipinski definition) is 1. The first-order chi connectivity index (χ1) is 21.4. The number of pyridine rings is 2. The monoisotopic (exact) mass is 714 g/mol. The van der Waals surface area contributed by atoms with Gasteiger partial charge in [0.15, 0.2) is 0 Å². The Kier molecular flexibility index (Phi) is 9.50. The molecule has 4 aromatic heterocycles. The van der Waals surface area contributed by atoms with Crippen LogP contribution in [0.4, 0.5) is 0 Å². The molecule has 0 unspecified atom stereocenters. The molecule has 0 bridgehead atoms. The molecule has 0 saturated carbocycles. The minimum absolute atomic E-state index is 0.164. The van der Waals surface area contributed by atoms with Gasteiger partial charge in [-0.05, 0) is 65.1 Å². The fourth-order valence-electron chi connectivity index (χ4n) is 5.81. The topological polar surface area (TPSA) is 65.1 Å². The molecule has 2 atom stereocenters. The van der Waals surface area contributed by atoms with Crippen LogP contribution in [0.1, 0.15) is 36.2 Å². The highest BCUT2D eigenvalue weighted by atomic mass is 79.9. The molecule has 0 fully saturated rings. The largest absolute Gasteiger partial charge is 0.492 e. The van der Waals surface area contributed by atoms with E-state index < -0.39 is 0 Å². The van der Waals surface area contributed by atoms with Crippen LogP contribution in [0, 0.1) is 11.8 Å². The van der Waals surface area contributed by atoms with E-state index in [-0.39, 0.29) is 12.5 Å². The smallest absolute Gasteiger partial charge is 0.137 e. The molecule has 226 valence electrons. The third kappa shape index (κ3) is 7.09. The molecule has 2 aromatic carbocycles. The Morgan fingerprint density at radius 3 is 2.05 bits per heavy atom. The molecule has 0 saturated heterocycles. The maximum Gasteiger partial charge on any atom is 0.137 e. The lowest BCUT2D eigenvalue weighted by Gasteiger charge is -2.15. The fourth-order valence-corrected chi connectivity index (χ4v) is 6.50. The van der Waals surface area contributed by atoms with E-state index in [0.717, 1.165) is 51.8 Å². The van der Waals surface area contributed by atoms with Gasteiger partial charge >= 0.3 is 0 Å². The highest BCUT2D eigenvalue weighted by Gasteiger charge is 2.15. The Bertz CT molecular complexity index is 1870. The molecule has 0 spiro atoms. The number of aliphatic hydroxyl groups is 1. The van der Waals surface area contributed by atoms with E-state index in [2.05, 4.69) is 121 Å². The first kappa shape index (κ1) is 30.6. The van der Waals surface area contributed by atoms with Gasteiger partial charge in [0, 0.05) is 99.7 Å². The van der Waals surface area contributed by atoms with Gasteiger partial charge in [-0.15, -0.1) is 0 Å². The Morgan fingerprint density at radius 1 is 0.795 bits per heavy atom. The molecule has 6 aromatic rings. The van der Waals surface area contributed by atoms with Gasteiger partial charge in [0.1, 0.15) is 5.75 Å². The molecular formula is C36H36Br2N4O2. The molecule has 0 aliphatic rings. The van der Waals surface area contributed by atoms with Crippen molar-refractivity contribution >= 4 is 53.7 Å². The Morgan fingerprint density at radius 2 is 1.45 bits per heavy atom. The highest BCUT2D eigenvalue weighted by Crippen LogP contribution is 2.29. The lowest BCUT2D eigenvalue weighted by molar-refractivity contribution is 0.224. The normalized spacial score (nSPS) is 13.0. The predicted octanol–water partition coefficient (Wildman–Crippen LogP) is 8.44. The summed E-state index contributed by atoms with van der Waals surface area (Å²) < 4.78 is 12.9. The molecular weight excluding hydrogens is 680 g/mol. The summed E-state index contributed by atoms with van der Waals surface area (Å²) in [6, 6.07) is 21.1. The van der Waals surface area contributed by atoms with Gasteiger partial charge in [0.2, 0.25) is 0 Å². The molecule has 6 rings (SSSR count). The van der Waals surface area contributed by atoms with Crippen LogP contribution in [0.15, 0.2) is 101 Å². The van der Waals surface area contributed by atoms with Gasteiger partial charge in [0.25, 0.3) is 0 Å². The van der Waals surface area contributed by atoms with Crippen LogP contribution in [0.3, 0.4) is 0 Å². The number of aromatic nitrogens is 4. The first-order valence-electron chi connectivity index (χ1n) is 15.0. The van der Waals surface area contributed by atoms with Crippen molar-refractivity contribution in [3.05, 3.63) is 123 Å². The van der Waals surface area contributed by atoms with Crippen LogP contribution in [0.5, 0.6) is 5.75 Å². The van der Waals surface area contributed by atoms with Gasteiger partial charge in [-0.25, -0.2) is 0 Å². The quantitative estimate of drug-likeness (QED) is 0.138. The molecule has 0 amide bonds. The van der Waals surface area contributed by atoms with Crippen molar-refractivity contribution in [3.63, 3.8) is 0 Å². The second-order valence-corrected chi connectivity index (χ2v) is 13.7. The van der Waals surface area contributed by atoms with Crippen molar-refractivity contribution in [2.75, 3.05) is 13.2 Å². The zero-order chi connectivity index (χ0) is 30.6. The summed E-state index contributed by atoms with van der Waals surface area (Å²) in [5.74, 6) is 1.25. The fraction of sp³-hybridized carbons (Fsp3) is 0.278. The Labute approximate surface area is 275 Å². The van der Waals surface area contributed by atoms with Crippen molar-refractivity contribution in [1.82, 2.24) is 19.1 Å². The molecule has 4 heterocycles. The molecule has 1 N–H and O–H groups in total. The number of benzene rings is 2. The molecule has 0 radical (unpaired) electrons. The number of nitrogens with zero attached hydrogens (tertiary/aromatic N) is 4. The number of aliphatic hydroxyl groups excluding tert-OH is 1. The third-order valence-electron chi connectivity index (χ3n) is 8.00. The van der Waals surface area contributed by atoms with E-state index in [9.17, 15) is 5.11 Å². The van der Waals surface area contributed by atoms with E-state index in [4.69, 9.17) is 9.72 Å². The molecule has 0 aliphatic carbocycles. The molecule has 44 heavy (non-hydrogen) atoms. The van der Waals surface area contributed by atoms with Crippen molar-refractivity contribution in [2.45, 2.75) is 39.8 Å². The van der Waals surface area contributed by atoms with Crippen molar-refractivity contribution in [2.24, 2.45) is 11.8 Å². The maximum atomic E-state index is 9.60. The predicted molar refractivity (Wildman–Crippen MR) is 184 cm³/mol. The second-order valence-electron chi connectivity index (χ2n) is 11.8. The summed E-state index contributed by atoms with van der Waals surface area (Å²) in [7, 11) is 0. The van der Waals surface area contributed by atoms with Gasteiger partial charge < -0.3 is 19.0 Å². The van der Waals surface area contributed by atoms with Crippen molar-refractivity contribution in [1.29, 1.82) is 0 Å². The minimum Gasteiger partial charge on any atom is -0.492 e. The van der Waals surface area contributed by atoms with Crippen LogP contribution in [-0.4, -0.2) is 37.4 Å². The van der Waals surface area contributed by atoms with E-state index >= 15 is 0 Å². The van der Waals surface area contributed by atoms with E-state index in [0.29, 0.717) is 12.5 Å². The Balaban J connectivity index is 1.11. The minimum atomic E-state index is 0.164. The van der Waals surface area contributed by atoms with Crippen LogP contribution in [-0.2, 0) is 25.9 Å². The summed E-state index contributed by atoms with van der Waals surface area (Å²) in [6.07, 6.45) is 11.6. The molecule has 0 aliphatic heterocycles. The third-order valence-corrected chi connectivity index (χ3v) is 8.99. The number of fused-ring (bicyclic) bond motifs is 2. The second kappa shape index (κ2) is 13.7. The standard InChI is InChI=1S/C36H36Br2N4O2/c1-24(22-43)18-41-21-28(34-10-6-30(38)15-36(34)41)13-31-7-8-32(17-40-31)44-23-25(2)19-42-20-27(12-26-4-3-11-39-16-26)33-9-5-29(37)14-35(33)42/h3-11,14-17,20-21,24-25,43H,12-13,18-19,22-23H2,1-2H3/t24-,25-/m0/s1. The van der Waals surface area contributed by atoms with Gasteiger partial charge in [-0.1, -0.05) is 63.9 Å². The van der Waals surface area contributed by atoms with Gasteiger partial charge in [0.05, 0.1) is 12.8 Å². The highest BCUT2D eigenvalue weighted by molar-refractivity contribution is 9.10. The summed E-state index contributed by atoms with van der Waals surface area (Å²) in [5, 5.41) is 12.1. The number of hydrogen-bond acceptors (Lipinski definition) is 4. The molecule has 6 nitrogen and oxygen atoms in total. The van der Waals surface area contributed by atoms with Crippen molar-refractivity contribution in [3.8, 4) is 5.75 Å². The van der Waals surface area contributed by atoms with Crippen LogP contribution < -0.4 is 4.74 Å².